The van der Waals surface area contributed by atoms with Crippen molar-refractivity contribution < 1.29 is 14.7 Å². The molecule has 0 spiro atoms. The Morgan fingerprint density at radius 3 is 1.36 bits per heavy atom. The third-order valence-electron chi connectivity index (χ3n) is 8.67. The average molecular weight is 599 g/mol. The van der Waals surface area contributed by atoms with Crippen molar-refractivity contribution in [3.8, 4) is 0 Å². The van der Waals surface area contributed by atoms with Crippen molar-refractivity contribution in [3.63, 3.8) is 0 Å². The number of benzene rings is 2. The summed E-state index contributed by atoms with van der Waals surface area (Å²) >= 11 is 0. The zero-order valence-corrected chi connectivity index (χ0v) is 30.2. The summed E-state index contributed by atoms with van der Waals surface area (Å²) in [7, 11) is -4.19. The number of unbranched alkanes of at least 4 members (excludes halogenated alkanes) is 3. The van der Waals surface area contributed by atoms with Crippen LogP contribution in [0.4, 0.5) is 0 Å². The second-order valence-corrected chi connectivity index (χ2v) is 18.5. The summed E-state index contributed by atoms with van der Waals surface area (Å²) in [5.41, 5.74) is 8.72. The fraction of sp³-hybridized carbons (Fsp3) is 0.632. The van der Waals surface area contributed by atoms with Crippen LogP contribution in [0.3, 0.4) is 0 Å². The Morgan fingerprint density at radius 1 is 0.619 bits per heavy atom. The Labute approximate surface area is 259 Å². The Morgan fingerprint density at radius 2 is 1.02 bits per heavy atom. The summed E-state index contributed by atoms with van der Waals surface area (Å²) in [5.74, 6) is 0.287. The van der Waals surface area contributed by atoms with E-state index in [-0.39, 0.29) is 27.6 Å². The normalized spacial score (nSPS) is 14.5. The van der Waals surface area contributed by atoms with Gasteiger partial charge in [0.2, 0.25) is 0 Å². The van der Waals surface area contributed by atoms with Gasteiger partial charge in [-0.15, -0.1) is 0 Å². The van der Waals surface area contributed by atoms with Gasteiger partial charge < -0.3 is 0 Å². The van der Waals surface area contributed by atoms with Gasteiger partial charge in [-0.2, -0.15) is 0 Å². The molecule has 0 saturated heterocycles. The SMILES string of the molecule is CC=C(CCCCCCC(c1ccc(C(C)(C)C)cc1C(C)(C)C)c1ccc(C(C)(C)C)cc1C(C)(C)C)[PH](O)(O)O. The molecule has 0 radical (unpaired) electrons. The molecule has 0 saturated carbocycles. The Kier molecular flexibility index (Phi) is 11.9. The van der Waals surface area contributed by atoms with Gasteiger partial charge in [0.15, 0.2) is 0 Å². The van der Waals surface area contributed by atoms with Gasteiger partial charge in [0.1, 0.15) is 0 Å². The van der Waals surface area contributed by atoms with Gasteiger partial charge >= 0.3 is 208 Å². The molecule has 0 heterocycles. The summed E-state index contributed by atoms with van der Waals surface area (Å²) in [6, 6.07) is 14.5. The maximum atomic E-state index is 9.71. The van der Waals surface area contributed by atoms with Crippen molar-refractivity contribution in [2.45, 2.75) is 156 Å². The van der Waals surface area contributed by atoms with Gasteiger partial charge in [0, 0.05) is 0 Å². The zero-order valence-electron chi connectivity index (χ0n) is 29.2. The molecule has 0 aliphatic rings. The molecule has 2 aromatic rings. The second-order valence-electron chi connectivity index (χ2n) is 16.6. The van der Waals surface area contributed by atoms with Crippen LogP contribution < -0.4 is 0 Å². The van der Waals surface area contributed by atoms with E-state index in [1.807, 2.05) is 0 Å². The predicted molar refractivity (Wildman–Crippen MR) is 186 cm³/mol. The molecule has 3 N–H and O–H groups in total. The van der Waals surface area contributed by atoms with E-state index in [2.05, 4.69) is 119 Å². The van der Waals surface area contributed by atoms with Gasteiger partial charge in [0.05, 0.1) is 0 Å². The van der Waals surface area contributed by atoms with Crippen LogP contribution in [0.25, 0.3) is 0 Å². The molecule has 4 heteroatoms. The fourth-order valence-electron chi connectivity index (χ4n) is 5.95. The number of allylic oxidation sites excluding steroid dienone is 2. The second kappa shape index (κ2) is 13.6. The molecule has 0 aromatic heterocycles. The predicted octanol–water partition coefficient (Wildman–Crippen LogP) is 10.7. The van der Waals surface area contributed by atoms with Crippen LogP contribution in [0.1, 0.15) is 168 Å². The third kappa shape index (κ3) is 10.0. The summed E-state index contributed by atoms with van der Waals surface area (Å²) in [6.07, 6.45) is 7.27. The van der Waals surface area contributed by atoms with Gasteiger partial charge in [-0.3, -0.25) is 0 Å². The molecule has 42 heavy (non-hydrogen) atoms. The van der Waals surface area contributed by atoms with Gasteiger partial charge in [-0.25, -0.2) is 0 Å². The van der Waals surface area contributed by atoms with Gasteiger partial charge in [0.25, 0.3) is 0 Å². The van der Waals surface area contributed by atoms with Crippen LogP contribution in [0, 0.1) is 0 Å². The first-order valence-corrected chi connectivity index (χ1v) is 17.9. The molecule has 0 bridgehead atoms. The van der Waals surface area contributed by atoms with Crippen LogP contribution in [0.2, 0.25) is 0 Å². The molecule has 0 atom stereocenters. The van der Waals surface area contributed by atoms with E-state index in [1.54, 1.807) is 13.0 Å². The number of hydrogen-bond acceptors (Lipinski definition) is 3. The van der Waals surface area contributed by atoms with Crippen molar-refractivity contribution in [2.75, 3.05) is 0 Å². The van der Waals surface area contributed by atoms with E-state index < -0.39 is 7.94 Å². The van der Waals surface area contributed by atoms with Crippen molar-refractivity contribution in [2.24, 2.45) is 0 Å². The molecule has 3 nitrogen and oxygen atoms in total. The summed E-state index contributed by atoms with van der Waals surface area (Å²) in [5, 5.41) is 0.405. The van der Waals surface area contributed by atoms with Crippen molar-refractivity contribution >= 4 is 7.94 Å². The Balaban J connectivity index is 2.57. The fourth-order valence-corrected chi connectivity index (χ4v) is 6.85. The Hall–Kier alpha value is -1.51. The van der Waals surface area contributed by atoms with E-state index in [0.29, 0.717) is 11.7 Å². The number of hydrogen-bond donors (Lipinski definition) is 3. The minimum absolute atomic E-state index is 0.0141. The first kappa shape index (κ1) is 36.7. The molecular weight excluding hydrogens is 535 g/mol. The molecular formula is C38H63O3P. The summed E-state index contributed by atoms with van der Waals surface area (Å²) in [4.78, 5) is 29.1. The van der Waals surface area contributed by atoms with E-state index in [9.17, 15) is 14.7 Å². The monoisotopic (exact) mass is 598 g/mol. The van der Waals surface area contributed by atoms with Crippen LogP contribution in [0.15, 0.2) is 47.8 Å². The molecule has 0 aliphatic carbocycles. The molecule has 238 valence electrons. The molecule has 0 aliphatic heterocycles. The first-order valence-electron chi connectivity index (χ1n) is 16.1. The summed E-state index contributed by atoms with van der Waals surface area (Å²) in [6.45, 7) is 29.6. The molecule has 0 unspecified atom stereocenters. The van der Waals surface area contributed by atoms with Crippen LogP contribution in [-0.4, -0.2) is 14.7 Å². The van der Waals surface area contributed by atoms with E-state index in [1.165, 1.54) is 33.4 Å². The number of rotatable bonds is 10. The van der Waals surface area contributed by atoms with Crippen LogP contribution in [-0.2, 0) is 21.7 Å². The van der Waals surface area contributed by atoms with E-state index >= 15 is 0 Å². The maximum absolute atomic E-state index is 9.71. The van der Waals surface area contributed by atoms with Crippen LogP contribution in [0.5, 0.6) is 0 Å². The van der Waals surface area contributed by atoms with Crippen molar-refractivity contribution in [3.05, 3.63) is 81.2 Å². The molecule has 2 rings (SSSR count). The third-order valence-corrected chi connectivity index (χ3v) is 10.1. The molecule has 2 aromatic carbocycles. The van der Waals surface area contributed by atoms with Crippen LogP contribution >= 0.6 is 7.94 Å². The van der Waals surface area contributed by atoms with Crippen molar-refractivity contribution in [1.82, 2.24) is 0 Å². The zero-order chi connectivity index (χ0) is 32.3. The average Bonchev–Trinajstić information content (AvgIpc) is 2.82. The van der Waals surface area contributed by atoms with Gasteiger partial charge in [-0.05, 0) is 10.8 Å². The van der Waals surface area contributed by atoms with Gasteiger partial charge in [-0.1, -0.05) is 41.5 Å². The Bertz CT molecular complexity index is 1130. The van der Waals surface area contributed by atoms with Crippen molar-refractivity contribution in [1.29, 1.82) is 0 Å². The molecule has 0 fully saturated rings. The minimum atomic E-state index is -4.19. The molecule has 0 amide bonds. The topological polar surface area (TPSA) is 60.7 Å². The summed E-state index contributed by atoms with van der Waals surface area (Å²) < 4.78 is 0. The first-order chi connectivity index (χ1) is 19.0. The van der Waals surface area contributed by atoms with E-state index in [0.717, 1.165) is 32.1 Å². The standard InChI is InChI=1S/C38H63O3P/c1-14-29(42(39,40)41)19-17-15-16-18-20-30(31-23-21-27(35(2,3)4)25-33(31)37(8,9)10)32-24-22-28(36(5,6)7)26-34(32)38(11,12)13/h14,21-26,30,39-42H,15-20H2,1-13H3. The van der Waals surface area contributed by atoms with E-state index in [4.69, 9.17) is 0 Å². The quantitative estimate of drug-likeness (QED) is 0.188.